The van der Waals surface area contributed by atoms with Crippen LogP contribution in [0.15, 0.2) is 35.7 Å². The fraction of sp³-hybridized carbons (Fsp3) is 0.200. The maximum absolute atomic E-state index is 12.7. The molecule has 0 unspecified atom stereocenters. The van der Waals surface area contributed by atoms with Crippen molar-refractivity contribution >= 4 is 45.0 Å². The van der Waals surface area contributed by atoms with Crippen molar-refractivity contribution in [2.75, 3.05) is 11.9 Å². The molecular weight excluding hydrogens is 378 g/mol. The van der Waals surface area contributed by atoms with Gasteiger partial charge in [-0.3, -0.25) is 14.6 Å². The number of aryl methyl sites for hydroxylation is 1. The molecule has 2 amide bonds. The molecule has 0 spiro atoms. The number of nitrogens with two attached hydrogens (primary N) is 1. The van der Waals surface area contributed by atoms with Crippen LogP contribution in [-0.4, -0.2) is 29.4 Å². The number of benzene rings is 1. The number of thiophene rings is 1. The van der Waals surface area contributed by atoms with Gasteiger partial charge >= 0.3 is 5.97 Å². The van der Waals surface area contributed by atoms with Crippen molar-refractivity contribution in [3.63, 3.8) is 0 Å². The van der Waals surface area contributed by atoms with Crippen LogP contribution in [-0.2, 0) is 16.0 Å². The molecule has 0 radical (unpaired) electrons. The number of primary amides is 1. The molecule has 1 aromatic carbocycles. The lowest BCUT2D eigenvalue weighted by Gasteiger charge is -2.13. The highest BCUT2D eigenvalue weighted by Crippen LogP contribution is 2.25. The lowest BCUT2D eigenvalue weighted by Crippen LogP contribution is -2.23. The lowest BCUT2D eigenvalue weighted by molar-refractivity contribution is -0.119. The molecule has 0 aliphatic carbocycles. The first kappa shape index (κ1) is 19.5. The van der Waals surface area contributed by atoms with Crippen LogP contribution in [0.25, 0.3) is 10.9 Å². The van der Waals surface area contributed by atoms with Gasteiger partial charge in [0, 0.05) is 11.1 Å². The second kappa shape index (κ2) is 8.18. The zero-order valence-electron chi connectivity index (χ0n) is 15.4. The minimum absolute atomic E-state index is 0.216. The van der Waals surface area contributed by atoms with Gasteiger partial charge in [0.25, 0.3) is 11.8 Å². The van der Waals surface area contributed by atoms with Crippen molar-refractivity contribution in [3.05, 3.63) is 58.1 Å². The van der Waals surface area contributed by atoms with Gasteiger partial charge in [-0.25, -0.2) is 4.79 Å². The number of pyridine rings is 1. The topological polar surface area (TPSA) is 111 Å². The molecule has 2 aromatic heterocycles. The van der Waals surface area contributed by atoms with Crippen LogP contribution in [0.5, 0.6) is 0 Å². The normalized spacial score (nSPS) is 10.6. The molecule has 0 saturated carbocycles. The van der Waals surface area contributed by atoms with Crippen LogP contribution in [0, 0.1) is 6.92 Å². The van der Waals surface area contributed by atoms with E-state index in [1.807, 2.05) is 32.0 Å². The van der Waals surface area contributed by atoms with E-state index in [1.54, 1.807) is 11.4 Å². The highest BCUT2D eigenvalue weighted by atomic mass is 32.1. The van der Waals surface area contributed by atoms with Gasteiger partial charge in [0.15, 0.2) is 6.61 Å². The van der Waals surface area contributed by atoms with Crippen LogP contribution in [0.4, 0.5) is 5.00 Å². The van der Waals surface area contributed by atoms with E-state index in [9.17, 15) is 14.4 Å². The Balaban J connectivity index is 1.78. The number of esters is 1. The predicted molar refractivity (Wildman–Crippen MR) is 108 cm³/mol. The third kappa shape index (κ3) is 3.86. The molecular formula is C20H19N3O4S. The summed E-state index contributed by atoms with van der Waals surface area (Å²) in [6.45, 7) is 3.30. The zero-order valence-corrected chi connectivity index (χ0v) is 16.3. The highest BCUT2D eigenvalue weighted by Gasteiger charge is 2.20. The third-order valence-corrected chi connectivity index (χ3v) is 5.12. The molecule has 0 aliphatic heterocycles. The van der Waals surface area contributed by atoms with Gasteiger partial charge in [-0.05, 0) is 36.4 Å². The molecule has 2 heterocycles. The van der Waals surface area contributed by atoms with Crippen LogP contribution >= 0.6 is 11.3 Å². The Morgan fingerprint density at radius 2 is 1.96 bits per heavy atom. The predicted octanol–water partition coefficient (Wildman–Crippen LogP) is 3.06. The molecule has 0 saturated heterocycles. The Bertz CT molecular complexity index is 1070. The first-order chi connectivity index (χ1) is 13.4. The average molecular weight is 397 g/mol. The Kier molecular flexibility index (Phi) is 5.70. The maximum Gasteiger partial charge on any atom is 0.339 e. The number of carbonyl (C=O) groups excluding carboxylic acids is 3. The molecule has 28 heavy (non-hydrogen) atoms. The second-order valence-electron chi connectivity index (χ2n) is 6.08. The van der Waals surface area contributed by atoms with Gasteiger partial charge in [-0.15, -0.1) is 11.3 Å². The summed E-state index contributed by atoms with van der Waals surface area (Å²) in [5, 5.41) is 5.19. The fourth-order valence-electron chi connectivity index (χ4n) is 2.93. The van der Waals surface area contributed by atoms with Gasteiger partial charge in [-0.1, -0.05) is 25.1 Å². The van der Waals surface area contributed by atoms with Crippen molar-refractivity contribution in [2.45, 2.75) is 20.3 Å². The van der Waals surface area contributed by atoms with Crippen molar-refractivity contribution in [1.29, 1.82) is 0 Å². The number of hydrogen-bond donors (Lipinski definition) is 2. The number of carbonyl (C=O) groups is 3. The van der Waals surface area contributed by atoms with Crippen LogP contribution < -0.4 is 11.1 Å². The monoisotopic (exact) mass is 397 g/mol. The molecule has 0 fully saturated rings. The number of ether oxygens (including phenoxy) is 1. The van der Waals surface area contributed by atoms with Crippen molar-refractivity contribution < 1.29 is 19.1 Å². The van der Waals surface area contributed by atoms with Crippen LogP contribution in [0.3, 0.4) is 0 Å². The smallest absolute Gasteiger partial charge is 0.339 e. The molecule has 144 valence electrons. The molecule has 3 N–H and O–H groups in total. The molecule has 8 heteroatoms. The Hall–Kier alpha value is -3.26. The third-order valence-electron chi connectivity index (χ3n) is 4.29. The van der Waals surface area contributed by atoms with E-state index >= 15 is 0 Å². The highest BCUT2D eigenvalue weighted by molar-refractivity contribution is 7.14. The number of nitrogens with zero attached hydrogens (tertiary/aromatic N) is 1. The van der Waals surface area contributed by atoms with Crippen LogP contribution in [0.1, 0.15) is 38.9 Å². The Labute approximate surface area is 165 Å². The number of amides is 2. The average Bonchev–Trinajstić information content (AvgIpc) is 3.14. The Morgan fingerprint density at radius 1 is 1.21 bits per heavy atom. The van der Waals surface area contributed by atoms with E-state index in [0.29, 0.717) is 27.9 Å². The fourth-order valence-corrected chi connectivity index (χ4v) is 3.74. The van der Waals surface area contributed by atoms with Gasteiger partial charge in [-0.2, -0.15) is 0 Å². The molecule has 7 nitrogen and oxygen atoms in total. The number of nitrogens with one attached hydrogen (secondary N) is 1. The number of para-hydroxylation sites is 1. The van der Waals surface area contributed by atoms with E-state index in [2.05, 4.69) is 10.3 Å². The summed E-state index contributed by atoms with van der Waals surface area (Å²) in [5.41, 5.74) is 8.12. The SMILES string of the molecule is CCc1nc2ccccc2c(C(=O)OCC(=O)Nc2sccc2C(N)=O)c1C. The number of fused-ring (bicyclic) bond motifs is 1. The summed E-state index contributed by atoms with van der Waals surface area (Å²) in [4.78, 5) is 40.8. The van der Waals surface area contributed by atoms with E-state index < -0.39 is 24.4 Å². The summed E-state index contributed by atoms with van der Waals surface area (Å²) < 4.78 is 5.24. The van der Waals surface area contributed by atoms with Crippen molar-refractivity contribution in [1.82, 2.24) is 4.98 Å². The first-order valence-corrected chi connectivity index (χ1v) is 9.52. The summed E-state index contributed by atoms with van der Waals surface area (Å²) in [6.07, 6.45) is 0.672. The standard InChI is InChI=1S/C20H19N3O4S/c1-3-14-11(2)17(12-6-4-5-7-15(12)22-14)20(26)27-10-16(24)23-19-13(18(21)25)8-9-28-19/h4-9H,3,10H2,1-2H3,(H2,21,25)(H,23,24). The van der Waals surface area contributed by atoms with E-state index in [1.165, 1.54) is 6.07 Å². The van der Waals surface area contributed by atoms with E-state index in [-0.39, 0.29) is 5.56 Å². The minimum atomic E-state index is -0.639. The zero-order chi connectivity index (χ0) is 20.3. The molecule has 3 aromatic rings. The first-order valence-electron chi connectivity index (χ1n) is 8.64. The van der Waals surface area contributed by atoms with Gasteiger partial charge in [0.1, 0.15) is 5.00 Å². The maximum atomic E-state index is 12.7. The van der Waals surface area contributed by atoms with Gasteiger partial charge in [0.05, 0.1) is 16.6 Å². The summed E-state index contributed by atoms with van der Waals surface area (Å²) in [6, 6.07) is 8.83. The van der Waals surface area contributed by atoms with E-state index in [4.69, 9.17) is 10.5 Å². The molecule has 0 atom stereocenters. The second-order valence-corrected chi connectivity index (χ2v) is 7.00. The minimum Gasteiger partial charge on any atom is -0.452 e. The molecule has 0 aliphatic rings. The summed E-state index contributed by atoms with van der Waals surface area (Å²) in [7, 11) is 0. The van der Waals surface area contributed by atoms with E-state index in [0.717, 1.165) is 22.6 Å². The number of hydrogen-bond acceptors (Lipinski definition) is 6. The van der Waals surface area contributed by atoms with Gasteiger partial charge in [0.2, 0.25) is 0 Å². The Morgan fingerprint density at radius 3 is 2.68 bits per heavy atom. The quantitative estimate of drug-likeness (QED) is 0.621. The van der Waals surface area contributed by atoms with Crippen LogP contribution in [0.2, 0.25) is 0 Å². The largest absolute Gasteiger partial charge is 0.452 e. The molecule has 3 rings (SSSR count). The molecule has 0 bridgehead atoms. The lowest BCUT2D eigenvalue weighted by atomic mass is 10.0. The number of rotatable bonds is 6. The number of anilines is 1. The summed E-state index contributed by atoms with van der Waals surface area (Å²) >= 11 is 1.16. The van der Waals surface area contributed by atoms with Crippen molar-refractivity contribution in [3.8, 4) is 0 Å². The number of aromatic nitrogens is 1. The van der Waals surface area contributed by atoms with Crippen molar-refractivity contribution in [2.24, 2.45) is 5.73 Å². The van der Waals surface area contributed by atoms with Gasteiger partial charge < -0.3 is 15.8 Å². The summed E-state index contributed by atoms with van der Waals surface area (Å²) in [5.74, 6) is -1.79.